The zero-order valence-electron chi connectivity index (χ0n) is 55.7. The van der Waals surface area contributed by atoms with Gasteiger partial charge >= 0.3 is 5.97 Å². The second kappa shape index (κ2) is 44.7. The van der Waals surface area contributed by atoms with Crippen LogP contribution in [0.4, 0.5) is 0 Å². The van der Waals surface area contributed by atoms with Crippen LogP contribution >= 0.6 is 36.2 Å². The molecule has 0 unspecified atom stereocenters. The highest BCUT2D eigenvalue weighted by Gasteiger charge is 2.41. The molecule has 3 rings (SSSR count). The van der Waals surface area contributed by atoms with Gasteiger partial charge in [-0.1, -0.05) is 32.0 Å². The average Bonchev–Trinajstić information content (AvgIpc) is 1.67. The van der Waals surface area contributed by atoms with Gasteiger partial charge in [0.25, 0.3) is 0 Å². The number of hydrogen-bond donors (Lipinski definition) is 21. The topological polar surface area (TPSA) is 586 Å². The number of aliphatic carboxylic acids is 1. The van der Waals surface area contributed by atoms with Crippen molar-refractivity contribution in [3.63, 3.8) is 0 Å². The lowest BCUT2D eigenvalue weighted by atomic mass is 10.0. The Morgan fingerprint density at radius 3 is 1.56 bits per heavy atom. The molecule has 1 aromatic carbocycles. The standard InChI is InChI=1S/C60H100N20O15S3/c1-32(2)47(56(92)77-43(30-82)58(94)95)79-54(90)44(31-96)78-55(91)45-17-11-23-80(45)57(93)40(19-25-98-4)74-49(85)36(14-7-8-20-61)71-48(84)37(15-9-21-67-59(63)64)73-53(89)42(29-81)76-52(88)41(26-33-28-69-35-13-6-5-12-34(33)35)75-50(86)38(16-10-22-68-60(65)66)72-51(87)39(18-24-97-3)70-46(83)27-62/h5-6,12-13,28,32,36-45,47,69,81-82,96H,7-11,14-27,29-31,61-62H2,1-4H3,(H,70,83)(H,71,84)(H,72,87)(H,73,89)(H,74,85)(H,75,86)(H,76,88)(H,77,92)(H,78,91)(H,79,90)(H,94,95)(H4,63,64,67)(H4,65,66,68)/t36-,37-,38-,39-,40-,41-,42-,43-,44-,45-,47-/m0/s1. The van der Waals surface area contributed by atoms with Gasteiger partial charge in [-0.15, -0.1) is 0 Å². The average molecular weight is 1440 g/mol. The van der Waals surface area contributed by atoms with Crippen molar-refractivity contribution in [1.29, 1.82) is 0 Å². The molecule has 1 aromatic heterocycles. The van der Waals surface area contributed by atoms with Crippen molar-refractivity contribution in [2.75, 3.05) is 75.7 Å². The number of unbranched alkanes of at least 4 members (excludes halogenated alkanes) is 1. The molecule has 1 saturated heterocycles. The van der Waals surface area contributed by atoms with Crippen LogP contribution in [-0.2, 0) is 64.0 Å². The van der Waals surface area contributed by atoms with E-state index in [1.807, 2.05) is 0 Å². The molecule has 38 heteroatoms. The summed E-state index contributed by atoms with van der Waals surface area (Å²) in [5.41, 5.74) is 34.9. The van der Waals surface area contributed by atoms with Crippen molar-refractivity contribution >= 4 is 130 Å². The molecule has 26 N–H and O–H groups in total. The second-order valence-electron chi connectivity index (χ2n) is 23.4. The van der Waals surface area contributed by atoms with Crippen LogP contribution in [0.1, 0.15) is 90.0 Å². The van der Waals surface area contributed by atoms with Crippen molar-refractivity contribution in [2.45, 2.75) is 157 Å². The number of carbonyl (C=O) groups excluding carboxylic acids is 11. The maximum Gasteiger partial charge on any atom is 0.328 e. The number of aliphatic imine (C=N–C) groups is 2. The first-order valence-corrected chi connectivity index (χ1v) is 35.5. The highest BCUT2D eigenvalue weighted by molar-refractivity contribution is 7.98. The molecule has 548 valence electrons. The molecule has 0 aliphatic carbocycles. The number of carbonyl (C=O) groups is 12. The molecule has 35 nitrogen and oxygen atoms in total. The van der Waals surface area contributed by atoms with E-state index in [0.29, 0.717) is 40.8 Å². The van der Waals surface area contributed by atoms with Crippen LogP contribution in [0.5, 0.6) is 0 Å². The minimum absolute atomic E-state index is 0.0289. The Hall–Kier alpha value is -8.17. The number of thioether (sulfide) groups is 2. The highest BCUT2D eigenvalue weighted by Crippen LogP contribution is 2.22. The first kappa shape index (κ1) is 84.1. The molecule has 2 aromatic rings. The maximum atomic E-state index is 14.7. The predicted molar refractivity (Wildman–Crippen MR) is 374 cm³/mol. The lowest BCUT2D eigenvalue weighted by molar-refractivity contribution is -0.144. The van der Waals surface area contributed by atoms with Crippen LogP contribution in [-0.4, -0.2) is 250 Å². The van der Waals surface area contributed by atoms with E-state index in [0.717, 1.165) is 0 Å². The number of thiol groups is 1. The van der Waals surface area contributed by atoms with Gasteiger partial charge in [-0.2, -0.15) is 36.2 Å². The Morgan fingerprint density at radius 1 is 0.592 bits per heavy atom. The molecular weight excluding hydrogens is 1340 g/mol. The molecule has 0 spiro atoms. The molecule has 98 heavy (non-hydrogen) atoms. The van der Waals surface area contributed by atoms with E-state index in [9.17, 15) is 72.9 Å². The van der Waals surface area contributed by atoms with E-state index in [1.54, 1.807) is 56.8 Å². The number of aliphatic hydroxyl groups is 2. The lowest BCUT2D eigenvalue weighted by Crippen LogP contribution is -2.61. The summed E-state index contributed by atoms with van der Waals surface area (Å²) in [6.07, 6.45) is 6.30. The number of rotatable bonds is 46. The van der Waals surface area contributed by atoms with E-state index in [1.165, 1.54) is 28.4 Å². The Kier molecular flexibility index (Phi) is 38.3. The van der Waals surface area contributed by atoms with Gasteiger partial charge in [-0.3, -0.25) is 62.7 Å². The fourth-order valence-corrected chi connectivity index (χ4v) is 11.5. The van der Waals surface area contributed by atoms with Crippen molar-refractivity contribution in [2.24, 2.45) is 50.3 Å². The molecular formula is C60H100N20O15S3. The lowest BCUT2D eigenvalue weighted by Gasteiger charge is -2.31. The Labute approximate surface area is 582 Å². The van der Waals surface area contributed by atoms with Gasteiger partial charge in [-0.25, -0.2) is 4.79 Å². The number of aliphatic hydroxyl groups excluding tert-OH is 2. The minimum Gasteiger partial charge on any atom is -0.480 e. The number of amides is 11. The van der Waals surface area contributed by atoms with E-state index in [4.69, 9.17) is 34.4 Å². The molecule has 2 heterocycles. The largest absolute Gasteiger partial charge is 0.480 e. The summed E-state index contributed by atoms with van der Waals surface area (Å²) in [7, 11) is 0. The third kappa shape index (κ3) is 28.4. The van der Waals surface area contributed by atoms with E-state index < -0.39 is 163 Å². The molecule has 0 saturated carbocycles. The third-order valence-electron chi connectivity index (χ3n) is 15.7. The Balaban J connectivity index is 1.96. The molecule has 11 atom stereocenters. The summed E-state index contributed by atoms with van der Waals surface area (Å²) < 4.78 is 0. The number of para-hydroxylation sites is 1. The summed E-state index contributed by atoms with van der Waals surface area (Å²) in [5.74, 6) is -11.3. The third-order valence-corrected chi connectivity index (χ3v) is 17.3. The SMILES string of the molecule is CSCC[C@H](NC(=O)CN)C(=O)N[C@@H](CCCN=C(N)N)C(=O)N[C@@H](Cc1c[nH]c2ccccc12)C(=O)N[C@@H](CO)C(=O)N[C@@H](CCCN=C(N)N)C(=O)N[C@@H](CCCCN)C(=O)N[C@@H](CCSC)C(=O)N1CCC[C@H]1C(=O)N[C@@H](CS)C(=O)N[C@H](C(=O)N[C@@H](CO)C(=O)O)C(C)C. The molecule has 11 amide bonds. The van der Waals surface area contributed by atoms with E-state index in [-0.39, 0.29) is 108 Å². The number of aromatic nitrogens is 1. The van der Waals surface area contributed by atoms with Crippen molar-refractivity contribution in [3.05, 3.63) is 36.0 Å². The monoisotopic (exact) mass is 1440 g/mol. The van der Waals surface area contributed by atoms with Gasteiger partial charge in [-0.05, 0) is 119 Å². The van der Waals surface area contributed by atoms with E-state index >= 15 is 0 Å². The number of H-pyrrole nitrogens is 1. The number of nitrogens with one attached hydrogen (secondary N) is 11. The second-order valence-corrected chi connectivity index (χ2v) is 25.8. The maximum absolute atomic E-state index is 14.7. The summed E-state index contributed by atoms with van der Waals surface area (Å²) in [6.45, 7) is 1.05. The summed E-state index contributed by atoms with van der Waals surface area (Å²) >= 11 is 7.02. The number of hydrogen-bond acceptors (Lipinski definition) is 21. The normalized spacial score (nSPS) is 15.8. The fourth-order valence-electron chi connectivity index (χ4n) is 10.3. The Bertz CT molecular complexity index is 3050. The number of nitrogens with two attached hydrogens (primary N) is 6. The zero-order chi connectivity index (χ0) is 73.0. The van der Waals surface area contributed by atoms with Crippen LogP contribution in [0, 0.1) is 5.92 Å². The number of guanidine groups is 2. The van der Waals surface area contributed by atoms with Crippen LogP contribution in [0.2, 0.25) is 0 Å². The van der Waals surface area contributed by atoms with Gasteiger partial charge in [0.1, 0.15) is 66.5 Å². The summed E-state index contributed by atoms with van der Waals surface area (Å²) in [4.78, 5) is 178. The number of aromatic amines is 1. The van der Waals surface area contributed by atoms with Gasteiger partial charge in [0.2, 0.25) is 65.0 Å². The van der Waals surface area contributed by atoms with Gasteiger partial charge in [0.15, 0.2) is 11.9 Å². The van der Waals surface area contributed by atoms with Gasteiger partial charge in [0.05, 0.1) is 19.8 Å². The van der Waals surface area contributed by atoms with Crippen LogP contribution in [0.3, 0.4) is 0 Å². The summed E-state index contributed by atoms with van der Waals surface area (Å²) in [5, 5.41) is 56.0. The number of likely N-dealkylation sites (tertiary alicyclic amines) is 1. The number of fused-ring (bicyclic) bond motifs is 1. The number of carboxylic acids is 1. The molecule has 1 aliphatic heterocycles. The molecule has 1 fully saturated rings. The minimum atomic E-state index is -1.80. The molecule has 0 radical (unpaired) electrons. The summed E-state index contributed by atoms with van der Waals surface area (Å²) in [6, 6.07) is -8.31. The smallest absolute Gasteiger partial charge is 0.328 e. The van der Waals surface area contributed by atoms with Crippen LogP contribution in [0.15, 0.2) is 40.4 Å². The fraction of sp³-hybridized carbons (Fsp3) is 0.633. The van der Waals surface area contributed by atoms with E-state index in [2.05, 4.69) is 80.8 Å². The first-order chi connectivity index (χ1) is 46.7. The van der Waals surface area contributed by atoms with Crippen molar-refractivity contribution < 1.29 is 72.9 Å². The number of benzene rings is 1. The Morgan fingerprint density at radius 2 is 1.06 bits per heavy atom. The van der Waals surface area contributed by atoms with Gasteiger partial charge in [0, 0.05) is 48.9 Å². The van der Waals surface area contributed by atoms with Crippen LogP contribution < -0.4 is 87.6 Å². The van der Waals surface area contributed by atoms with Gasteiger partial charge < -0.3 is 113 Å². The number of carboxylic acid groups (broad SMARTS) is 1. The number of nitrogens with zero attached hydrogens (tertiary/aromatic N) is 3. The molecule has 1 aliphatic rings. The first-order valence-electron chi connectivity index (χ1n) is 32.1. The molecule has 0 bridgehead atoms. The predicted octanol–water partition coefficient (Wildman–Crippen LogP) is -6.09. The zero-order valence-corrected chi connectivity index (χ0v) is 58.2. The highest BCUT2D eigenvalue weighted by atomic mass is 32.2. The van der Waals surface area contributed by atoms with Crippen LogP contribution in [0.25, 0.3) is 10.9 Å². The van der Waals surface area contributed by atoms with Crippen molar-refractivity contribution in [1.82, 2.24) is 63.1 Å². The van der Waals surface area contributed by atoms with Crippen molar-refractivity contribution in [3.8, 4) is 0 Å². The quantitative estimate of drug-likeness (QED) is 0.0127.